The molecule has 121 valence electrons. The summed E-state index contributed by atoms with van der Waals surface area (Å²) in [7, 11) is 1.69. The highest BCUT2D eigenvalue weighted by atomic mass is 32.2. The molecular formula is C17H16N5OS. The van der Waals surface area contributed by atoms with E-state index in [2.05, 4.69) is 48.8 Å². The normalized spacial score (nSPS) is 12.8. The number of anilines is 2. The van der Waals surface area contributed by atoms with E-state index < -0.39 is 0 Å². The van der Waals surface area contributed by atoms with Crippen molar-refractivity contribution in [3.8, 4) is 0 Å². The summed E-state index contributed by atoms with van der Waals surface area (Å²) in [6.07, 6.45) is 8.18. The van der Waals surface area contributed by atoms with E-state index in [4.69, 9.17) is 4.74 Å². The SMILES string of the molecule is COCN1c2cc(Cn3cn[c]c3C)ccc2Sc2nccnc21. The smallest absolute Gasteiger partial charge is 0.168 e. The molecule has 0 bridgehead atoms. The standard InChI is InChI=1S/C17H16N5OS/c1-12-8-18-10-21(12)9-13-3-4-15-14(7-13)22(11-23-2)16-17(24-15)20-6-5-19-16/h3-7,10H,9,11H2,1-2H3. The zero-order valence-corrected chi connectivity index (χ0v) is 14.2. The molecule has 0 amide bonds. The molecule has 1 aliphatic heterocycles. The second-order valence-corrected chi connectivity index (χ2v) is 6.54. The van der Waals surface area contributed by atoms with Crippen molar-refractivity contribution in [2.24, 2.45) is 0 Å². The van der Waals surface area contributed by atoms with Gasteiger partial charge in [0.05, 0.1) is 12.0 Å². The fraction of sp³-hybridized carbons (Fsp3) is 0.235. The Balaban J connectivity index is 1.73. The van der Waals surface area contributed by atoms with Crippen molar-refractivity contribution in [2.75, 3.05) is 18.7 Å². The molecule has 0 spiro atoms. The van der Waals surface area contributed by atoms with E-state index in [0.29, 0.717) is 6.73 Å². The van der Waals surface area contributed by atoms with Crippen LogP contribution in [0.25, 0.3) is 0 Å². The number of hydrogen-bond donors (Lipinski definition) is 0. The number of imidazole rings is 1. The van der Waals surface area contributed by atoms with Crippen molar-refractivity contribution >= 4 is 23.3 Å². The van der Waals surface area contributed by atoms with Gasteiger partial charge in [-0.05, 0) is 24.6 Å². The first-order valence-electron chi connectivity index (χ1n) is 7.54. The lowest BCUT2D eigenvalue weighted by Crippen LogP contribution is -2.24. The Kier molecular flexibility index (Phi) is 3.95. The van der Waals surface area contributed by atoms with E-state index in [-0.39, 0.29) is 0 Å². The maximum Gasteiger partial charge on any atom is 0.168 e. The van der Waals surface area contributed by atoms with Crippen molar-refractivity contribution < 1.29 is 4.74 Å². The molecule has 7 heteroatoms. The second kappa shape index (κ2) is 6.26. The molecular weight excluding hydrogens is 322 g/mol. The lowest BCUT2D eigenvalue weighted by atomic mass is 10.1. The molecule has 1 aromatic carbocycles. The largest absolute Gasteiger partial charge is 0.364 e. The first-order valence-corrected chi connectivity index (χ1v) is 8.35. The van der Waals surface area contributed by atoms with E-state index in [1.165, 1.54) is 5.56 Å². The number of aromatic nitrogens is 4. The molecule has 0 saturated heterocycles. The Bertz CT molecular complexity index is 879. The third kappa shape index (κ3) is 2.65. The third-order valence-electron chi connectivity index (χ3n) is 3.89. The molecule has 0 fully saturated rings. The number of rotatable bonds is 4. The van der Waals surface area contributed by atoms with Gasteiger partial charge < -0.3 is 9.30 Å². The molecule has 6 nitrogen and oxygen atoms in total. The minimum atomic E-state index is 0.431. The van der Waals surface area contributed by atoms with Gasteiger partial charge in [-0.2, -0.15) is 0 Å². The van der Waals surface area contributed by atoms with Crippen LogP contribution in [0.3, 0.4) is 0 Å². The minimum Gasteiger partial charge on any atom is -0.364 e. The topological polar surface area (TPSA) is 56.1 Å². The highest BCUT2D eigenvalue weighted by Crippen LogP contribution is 2.46. The summed E-state index contributed by atoms with van der Waals surface area (Å²) in [6, 6.07) is 6.45. The van der Waals surface area contributed by atoms with Crippen LogP contribution in [0.4, 0.5) is 11.5 Å². The second-order valence-electron chi connectivity index (χ2n) is 5.50. The van der Waals surface area contributed by atoms with Gasteiger partial charge in [-0.1, -0.05) is 17.8 Å². The maximum absolute atomic E-state index is 5.39. The van der Waals surface area contributed by atoms with E-state index in [1.807, 2.05) is 6.92 Å². The van der Waals surface area contributed by atoms with Crippen molar-refractivity contribution in [3.05, 3.63) is 54.4 Å². The Morgan fingerprint density at radius 2 is 2.12 bits per heavy atom. The number of nitrogens with zero attached hydrogens (tertiary/aromatic N) is 5. The van der Waals surface area contributed by atoms with Crippen LogP contribution in [-0.4, -0.2) is 33.4 Å². The quantitative estimate of drug-likeness (QED) is 0.729. The number of aryl methyl sites for hydroxylation is 1. The number of fused-ring (bicyclic) bond motifs is 2. The molecule has 0 saturated carbocycles. The van der Waals surface area contributed by atoms with Crippen LogP contribution in [0.5, 0.6) is 0 Å². The van der Waals surface area contributed by atoms with Gasteiger partial charge in [0.2, 0.25) is 0 Å². The van der Waals surface area contributed by atoms with Gasteiger partial charge in [0.15, 0.2) is 5.82 Å². The van der Waals surface area contributed by atoms with Gasteiger partial charge >= 0.3 is 0 Å². The van der Waals surface area contributed by atoms with E-state index in [0.717, 1.165) is 33.7 Å². The lowest BCUT2D eigenvalue weighted by molar-refractivity contribution is 0.204. The van der Waals surface area contributed by atoms with E-state index in [9.17, 15) is 0 Å². The van der Waals surface area contributed by atoms with Crippen LogP contribution in [0.1, 0.15) is 11.3 Å². The summed E-state index contributed by atoms with van der Waals surface area (Å²) < 4.78 is 7.46. The highest BCUT2D eigenvalue weighted by molar-refractivity contribution is 7.99. The fourth-order valence-corrected chi connectivity index (χ4v) is 3.70. The molecule has 2 aromatic heterocycles. The van der Waals surface area contributed by atoms with Crippen LogP contribution >= 0.6 is 11.8 Å². The van der Waals surface area contributed by atoms with Gasteiger partial charge in [0.1, 0.15) is 18.0 Å². The number of methoxy groups -OCH3 is 1. The average Bonchev–Trinajstić information content (AvgIpc) is 3.00. The van der Waals surface area contributed by atoms with Crippen LogP contribution in [0.15, 0.2) is 46.8 Å². The molecule has 1 aliphatic rings. The van der Waals surface area contributed by atoms with E-state index >= 15 is 0 Å². The first-order chi connectivity index (χ1) is 11.8. The molecule has 24 heavy (non-hydrogen) atoms. The number of hydrogen-bond acceptors (Lipinski definition) is 6. The van der Waals surface area contributed by atoms with Crippen LogP contribution in [-0.2, 0) is 11.3 Å². The molecule has 1 radical (unpaired) electrons. The fourth-order valence-electron chi connectivity index (χ4n) is 2.71. The molecule has 0 aliphatic carbocycles. The molecule has 3 aromatic rings. The first kappa shape index (κ1) is 15.2. The van der Waals surface area contributed by atoms with Crippen molar-refractivity contribution in [1.29, 1.82) is 0 Å². The summed E-state index contributed by atoms with van der Waals surface area (Å²) in [6.45, 7) is 3.19. The average molecular weight is 338 g/mol. The van der Waals surface area contributed by atoms with Gasteiger partial charge in [-0.25, -0.2) is 15.0 Å². The predicted molar refractivity (Wildman–Crippen MR) is 91.5 cm³/mol. The molecule has 0 atom stereocenters. The summed E-state index contributed by atoms with van der Waals surface area (Å²) in [4.78, 5) is 16.2. The summed E-state index contributed by atoms with van der Waals surface area (Å²) >= 11 is 1.64. The van der Waals surface area contributed by atoms with Gasteiger partial charge in [-0.3, -0.25) is 4.90 Å². The Morgan fingerprint density at radius 3 is 2.92 bits per heavy atom. The zero-order chi connectivity index (χ0) is 16.5. The molecule has 0 N–H and O–H groups in total. The maximum atomic E-state index is 5.39. The Morgan fingerprint density at radius 1 is 1.25 bits per heavy atom. The van der Waals surface area contributed by atoms with Crippen molar-refractivity contribution in [3.63, 3.8) is 0 Å². The number of benzene rings is 1. The highest BCUT2D eigenvalue weighted by Gasteiger charge is 2.25. The van der Waals surface area contributed by atoms with Crippen LogP contribution < -0.4 is 4.90 Å². The molecule has 4 rings (SSSR count). The predicted octanol–water partition coefficient (Wildman–Crippen LogP) is 3.04. The Labute approximate surface area is 144 Å². The summed E-state index contributed by atoms with van der Waals surface area (Å²) in [5, 5.41) is 0.898. The summed E-state index contributed by atoms with van der Waals surface area (Å²) in [5.74, 6) is 0.834. The van der Waals surface area contributed by atoms with Crippen LogP contribution in [0.2, 0.25) is 0 Å². The van der Waals surface area contributed by atoms with Crippen molar-refractivity contribution in [1.82, 2.24) is 19.5 Å². The lowest BCUT2D eigenvalue weighted by Gasteiger charge is -2.30. The number of ether oxygens (including phenoxy) is 1. The van der Waals surface area contributed by atoms with Crippen molar-refractivity contribution in [2.45, 2.75) is 23.4 Å². The molecule has 3 heterocycles. The monoisotopic (exact) mass is 338 g/mol. The van der Waals surface area contributed by atoms with Gasteiger partial charge in [0.25, 0.3) is 0 Å². The minimum absolute atomic E-state index is 0.431. The van der Waals surface area contributed by atoms with E-state index in [1.54, 1.807) is 37.6 Å². The molecule has 0 unspecified atom stereocenters. The summed E-state index contributed by atoms with van der Waals surface area (Å²) in [5.41, 5.74) is 3.30. The third-order valence-corrected chi connectivity index (χ3v) is 4.93. The van der Waals surface area contributed by atoms with Gasteiger partial charge in [-0.15, -0.1) is 0 Å². The zero-order valence-electron chi connectivity index (χ0n) is 13.4. The Hall–Kier alpha value is -2.38. The van der Waals surface area contributed by atoms with Crippen LogP contribution in [0, 0.1) is 13.1 Å². The van der Waals surface area contributed by atoms with Gasteiger partial charge in [0, 0.05) is 36.6 Å².